The van der Waals surface area contributed by atoms with Crippen molar-refractivity contribution < 1.29 is 20.1 Å². The molecule has 9 heteroatoms. The van der Waals surface area contributed by atoms with E-state index in [2.05, 4.69) is 15.0 Å². The summed E-state index contributed by atoms with van der Waals surface area (Å²) in [5.74, 6) is 0.591. The maximum atomic E-state index is 10.9. The van der Waals surface area contributed by atoms with Crippen LogP contribution in [0.3, 0.4) is 0 Å². The number of aliphatic hydroxyl groups excluding tert-OH is 3. The van der Waals surface area contributed by atoms with Crippen molar-refractivity contribution in [3.05, 3.63) is 12.7 Å². The van der Waals surface area contributed by atoms with Crippen LogP contribution in [0.5, 0.6) is 0 Å². The Bertz CT molecular complexity index is 778. The Labute approximate surface area is 150 Å². The van der Waals surface area contributed by atoms with E-state index in [0.717, 1.165) is 25.7 Å². The summed E-state index contributed by atoms with van der Waals surface area (Å²) < 4.78 is 7.74. The van der Waals surface area contributed by atoms with Gasteiger partial charge in [-0.15, -0.1) is 0 Å². The Kier molecular flexibility index (Phi) is 4.55. The molecule has 1 saturated heterocycles. The minimum absolute atomic E-state index is 0.244. The molecule has 2 aromatic heterocycles. The number of imidazole rings is 1. The lowest BCUT2D eigenvalue weighted by Gasteiger charge is -2.37. The maximum Gasteiger partial charge on any atom is 0.176 e. The van der Waals surface area contributed by atoms with Crippen LogP contribution < -0.4 is 5.73 Å². The molecule has 2 aromatic rings. The van der Waals surface area contributed by atoms with Gasteiger partial charge in [-0.1, -0.05) is 32.1 Å². The van der Waals surface area contributed by atoms with Crippen molar-refractivity contribution >= 4 is 17.0 Å². The molecule has 9 nitrogen and oxygen atoms in total. The second kappa shape index (κ2) is 6.73. The van der Waals surface area contributed by atoms with Crippen LogP contribution in [-0.2, 0) is 10.5 Å². The SMILES string of the molecule is Nc1ncnc2c1ncn2[C@]1(CC2CCCCC2)O[C@H](CO)[C@@H](O)[C@H]1O. The third-order valence-corrected chi connectivity index (χ3v) is 5.78. The molecule has 0 radical (unpaired) electrons. The summed E-state index contributed by atoms with van der Waals surface area (Å²) in [5.41, 5.74) is 5.51. The quantitative estimate of drug-likeness (QED) is 0.602. The first-order valence-corrected chi connectivity index (χ1v) is 9.15. The molecular formula is C17H25N5O4. The Morgan fingerprint density at radius 2 is 1.96 bits per heavy atom. The Hall–Kier alpha value is -1.81. The fourth-order valence-electron chi connectivity index (χ4n) is 4.42. The molecule has 3 heterocycles. The Morgan fingerprint density at radius 3 is 2.65 bits per heavy atom. The van der Waals surface area contributed by atoms with Crippen molar-refractivity contribution in [2.45, 2.75) is 62.6 Å². The molecule has 0 aromatic carbocycles. The van der Waals surface area contributed by atoms with Gasteiger partial charge >= 0.3 is 0 Å². The molecule has 26 heavy (non-hydrogen) atoms. The Balaban J connectivity index is 1.81. The summed E-state index contributed by atoms with van der Waals surface area (Å²) in [4.78, 5) is 12.5. The Morgan fingerprint density at radius 1 is 1.19 bits per heavy atom. The highest BCUT2D eigenvalue weighted by Crippen LogP contribution is 2.44. The second-order valence-corrected chi connectivity index (χ2v) is 7.37. The summed E-state index contributed by atoms with van der Waals surface area (Å²) in [6.07, 6.45) is 5.68. The number of nitrogen functional groups attached to an aromatic ring is 1. The molecule has 0 spiro atoms. The number of ether oxygens (including phenoxy) is 1. The minimum atomic E-state index is -1.25. The van der Waals surface area contributed by atoms with Gasteiger partial charge in [-0.05, 0) is 5.92 Å². The van der Waals surface area contributed by atoms with E-state index in [4.69, 9.17) is 10.5 Å². The van der Waals surface area contributed by atoms with E-state index >= 15 is 0 Å². The molecular weight excluding hydrogens is 338 g/mol. The van der Waals surface area contributed by atoms with E-state index in [0.29, 0.717) is 23.5 Å². The lowest BCUT2D eigenvalue weighted by Crippen LogP contribution is -2.47. The summed E-state index contributed by atoms with van der Waals surface area (Å²) in [7, 11) is 0. The molecule has 1 aliphatic heterocycles. The van der Waals surface area contributed by atoms with Crippen molar-refractivity contribution in [2.75, 3.05) is 12.3 Å². The van der Waals surface area contributed by atoms with Crippen LogP contribution in [-0.4, -0.2) is 59.8 Å². The van der Waals surface area contributed by atoms with E-state index in [1.165, 1.54) is 19.1 Å². The molecule has 0 amide bonds. The number of rotatable bonds is 4. The molecule has 142 valence electrons. The average molecular weight is 363 g/mol. The first-order valence-electron chi connectivity index (χ1n) is 9.15. The molecule has 4 rings (SSSR count). The van der Waals surface area contributed by atoms with Gasteiger partial charge in [0.15, 0.2) is 17.2 Å². The molecule has 0 unspecified atom stereocenters. The molecule has 1 saturated carbocycles. The first kappa shape index (κ1) is 17.6. The van der Waals surface area contributed by atoms with Crippen LogP contribution in [0.25, 0.3) is 11.2 Å². The predicted molar refractivity (Wildman–Crippen MR) is 92.9 cm³/mol. The second-order valence-electron chi connectivity index (χ2n) is 7.37. The van der Waals surface area contributed by atoms with Crippen LogP contribution in [0.2, 0.25) is 0 Å². The highest BCUT2D eigenvalue weighted by Gasteiger charge is 2.56. The van der Waals surface area contributed by atoms with Crippen LogP contribution in [0.4, 0.5) is 5.82 Å². The number of nitrogens with zero attached hydrogens (tertiary/aromatic N) is 4. The smallest absolute Gasteiger partial charge is 0.176 e. The monoisotopic (exact) mass is 363 g/mol. The molecule has 1 aliphatic carbocycles. The molecule has 0 bridgehead atoms. The average Bonchev–Trinajstić information content (AvgIpc) is 3.19. The number of hydrogen-bond acceptors (Lipinski definition) is 8. The van der Waals surface area contributed by atoms with Crippen molar-refractivity contribution in [1.82, 2.24) is 19.5 Å². The van der Waals surface area contributed by atoms with E-state index < -0.39 is 24.0 Å². The normalized spacial score (nSPS) is 33.1. The van der Waals surface area contributed by atoms with Crippen LogP contribution in [0, 0.1) is 5.92 Å². The number of aromatic nitrogens is 4. The predicted octanol–water partition coefficient (Wildman–Crippen LogP) is 0.145. The van der Waals surface area contributed by atoms with Gasteiger partial charge in [-0.2, -0.15) is 0 Å². The van der Waals surface area contributed by atoms with Crippen LogP contribution in [0.15, 0.2) is 12.7 Å². The first-order chi connectivity index (χ1) is 12.6. The topological polar surface area (TPSA) is 140 Å². The van der Waals surface area contributed by atoms with Gasteiger partial charge in [-0.25, -0.2) is 15.0 Å². The standard InChI is InChI=1S/C17H25N5O4/c18-15-12-16(20-8-19-15)22(9-21-12)17(6-10-4-2-1-3-5-10)14(25)13(24)11(7-23)26-17/h8-11,13-14,23-25H,1-7H2,(H2,18,19,20)/t11-,13-,14-,17-/m1/s1. The number of nitrogens with two attached hydrogens (primary N) is 1. The minimum Gasteiger partial charge on any atom is -0.394 e. The zero-order valence-electron chi connectivity index (χ0n) is 14.5. The number of fused-ring (bicyclic) bond motifs is 1. The lowest BCUT2D eigenvalue weighted by molar-refractivity contribution is -0.159. The van der Waals surface area contributed by atoms with Gasteiger partial charge in [0.2, 0.25) is 0 Å². The largest absolute Gasteiger partial charge is 0.394 e. The van der Waals surface area contributed by atoms with Crippen LogP contribution >= 0.6 is 0 Å². The highest BCUT2D eigenvalue weighted by molar-refractivity contribution is 5.81. The molecule has 4 atom stereocenters. The van der Waals surface area contributed by atoms with E-state index in [1.54, 1.807) is 4.57 Å². The van der Waals surface area contributed by atoms with Gasteiger partial charge < -0.3 is 25.8 Å². The van der Waals surface area contributed by atoms with Crippen molar-refractivity contribution in [3.63, 3.8) is 0 Å². The molecule has 2 aliphatic rings. The van der Waals surface area contributed by atoms with Crippen LogP contribution in [0.1, 0.15) is 38.5 Å². The van der Waals surface area contributed by atoms with E-state index in [1.807, 2.05) is 0 Å². The summed E-state index contributed by atoms with van der Waals surface area (Å²) in [6, 6.07) is 0. The van der Waals surface area contributed by atoms with Gasteiger partial charge in [0.1, 0.15) is 30.2 Å². The number of hydrogen-bond donors (Lipinski definition) is 4. The van der Waals surface area contributed by atoms with E-state index in [-0.39, 0.29) is 12.4 Å². The lowest BCUT2D eigenvalue weighted by atomic mass is 9.81. The number of aliphatic hydroxyl groups is 3. The summed E-state index contributed by atoms with van der Waals surface area (Å²) in [6.45, 7) is -0.381. The fourth-order valence-corrected chi connectivity index (χ4v) is 4.42. The number of anilines is 1. The molecule has 2 fully saturated rings. The van der Waals surface area contributed by atoms with Gasteiger partial charge in [0.25, 0.3) is 0 Å². The fraction of sp³-hybridized carbons (Fsp3) is 0.706. The molecule has 5 N–H and O–H groups in total. The van der Waals surface area contributed by atoms with Crippen molar-refractivity contribution in [2.24, 2.45) is 5.92 Å². The third kappa shape index (κ3) is 2.66. The van der Waals surface area contributed by atoms with E-state index in [9.17, 15) is 15.3 Å². The zero-order chi connectivity index (χ0) is 18.3. The van der Waals surface area contributed by atoms with Crippen molar-refractivity contribution in [1.29, 1.82) is 0 Å². The highest BCUT2D eigenvalue weighted by atomic mass is 16.6. The van der Waals surface area contributed by atoms with Crippen molar-refractivity contribution in [3.8, 4) is 0 Å². The maximum absolute atomic E-state index is 10.9. The van der Waals surface area contributed by atoms with Gasteiger partial charge in [-0.3, -0.25) is 4.57 Å². The summed E-state index contributed by atoms with van der Waals surface area (Å²) in [5, 5.41) is 30.9. The van der Waals surface area contributed by atoms with Gasteiger partial charge in [0.05, 0.1) is 12.9 Å². The third-order valence-electron chi connectivity index (χ3n) is 5.78. The van der Waals surface area contributed by atoms with Gasteiger partial charge in [0, 0.05) is 6.42 Å². The zero-order valence-corrected chi connectivity index (χ0v) is 14.5. The summed E-state index contributed by atoms with van der Waals surface area (Å²) >= 11 is 0.